The molecule has 2 N–H and O–H groups in total. The highest BCUT2D eigenvalue weighted by atomic mass is 32.2. The summed E-state index contributed by atoms with van der Waals surface area (Å²) in [7, 11) is 0. The lowest BCUT2D eigenvalue weighted by molar-refractivity contribution is 0.297. The lowest BCUT2D eigenvalue weighted by Gasteiger charge is -2.36. The fourth-order valence-corrected chi connectivity index (χ4v) is 4.85. The van der Waals surface area contributed by atoms with Crippen LogP contribution in [-0.2, 0) is 0 Å². The van der Waals surface area contributed by atoms with E-state index in [9.17, 15) is 5.11 Å². The number of benzene rings is 2. The maximum absolute atomic E-state index is 10.0. The predicted octanol–water partition coefficient (Wildman–Crippen LogP) is 5.52. The summed E-state index contributed by atoms with van der Waals surface area (Å²) < 4.78 is 0. The molecule has 128 valence electrons. The molecule has 2 aromatic rings. The van der Waals surface area contributed by atoms with Gasteiger partial charge in [0.1, 0.15) is 5.75 Å². The van der Waals surface area contributed by atoms with Gasteiger partial charge >= 0.3 is 0 Å². The monoisotopic (exact) mass is 341 g/mol. The minimum atomic E-state index is 0.125. The Hall–Kier alpha value is -1.45. The van der Waals surface area contributed by atoms with Crippen LogP contribution in [0.4, 0.5) is 0 Å². The standard InChI is InChI=1S/C21H27NOS/c1-3-5-13-21(4-2)15-24-19-12-11-17(23)14-18(19)20(22-21)16-9-7-6-8-10-16/h6-12,14,20,22-23H,3-5,13,15H2,1-2H3/t20-,21+/m0/s1. The van der Waals surface area contributed by atoms with Crippen LogP contribution in [0.3, 0.4) is 0 Å². The Morgan fingerprint density at radius 3 is 2.67 bits per heavy atom. The third-order valence-electron chi connectivity index (χ3n) is 5.08. The van der Waals surface area contributed by atoms with E-state index in [1.54, 1.807) is 6.07 Å². The first-order valence-electron chi connectivity index (χ1n) is 8.96. The van der Waals surface area contributed by atoms with Crippen LogP contribution < -0.4 is 5.32 Å². The average molecular weight is 342 g/mol. The number of phenolic OH excluding ortho intramolecular Hbond substituents is 1. The molecular formula is C21H27NOS. The van der Waals surface area contributed by atoms with Gasteiger partial charge in [0.2, 0.25) is 0 Å². The van der Waals surface area contributed by atoms with Gasteiger partial charge in [0.15, 0.2) is 0 Å². The Labute approximate surface area is 149 Å². The van der Waals surface area contributed by atoms with E-state index in [0.717, 1.165) is 12.2 Å². The van der Waals surface area contributed by atoms with Crippen LogP contribution >= 0.6 is 11.8 Å². The Bertz CT molecular complexity index is 673. The van der Waals surface area contributed by atoms with E-state index in [1.165, 1.54) is 35.3 Å². The minimum Gasteiger partial charge on any atom is -0.508 e. The van der Waals surface area contributed by atoms with Crippen molar-refractivity contribution in [1.82, 2.24) is 5.32 Å². The van der Waals surface area contributed by atoms with Gasteiger partial charge in [-0.2, -0.15) is 0 Å². The smallest absolute Gasteiger partial charge is 0.116 e. The van der Waals surface area contributed by atoms with Crippen molar-refractivity contribution in [3.05, 3.63) is 59.7 Å². The van der Waals surface area contributed by atoms with E-state index in [2.05, 4.69) is 55.6 Å². The molecule has 0 unspecified atom stereocenters. The van der Waals surface area contributed by atoms with E-state index < -0.39 is 0 Å². The molecule has 1 aliphatic heterocycles. The van der Waals surface area contributed by atoms with Gasteiger partial charge in [0.25, 0.3) is 0 Å². The first kappa shape index (κ1) is 17.4. The van der Waals surface area contributed by atoms with Gasteiger partial charge in [-0.05, 0) is 42.2 Å². The lowest BCUT2D eigenvalue weighted by atomic mass is 9.88. The topological polar surface area (TPSA) is 32.3 Å². The van der Waals surface area contributed by atoms with Crippen LogP contribution in [0.2, 0.25) is 0 Å². The Morgan fingerprint density at radius 1 is 1.17 bits per heavy atom. The Morgan fingerprint density at radius 2 is 1.96 bits per heavy atom. The van der Waals surface area contributed by atoms with Crippen molar-refractivity contribution in [3.63, 3.8) is 0 Å². The SMILES string of the molecule is CCCC[C@]1(CC)CSc2ccc(O)cc2[C@H](c2ccccc2)N1. The van der Waals surface area contributed by atoms with Crippen LogP contribution in [0.25, 0.3) is 0 Å². The summed E-state index contributed by atoms with van der Waals surface area (Å²) >= 11 is 1.93. The van der Waals surface area contributed by atoms with Crippen molar-refractivity contribution < 1.29 is 5.11 Å². The first-order chi connectivity index (χ1) is 11.7. The molecule has 1 heterocycles. The highest BCUT2D eigenvalue weighted by Crippen LogP contribution is 2.41. The summed E-state index contributed by atoms with van der Waals surface area (Å²) in [6.07, 6.45) is 4.77. The summed E-state index contributed by atoms with van der Waals surface area (Å²) in [6, 6.07) is 16.5. The van der Waals surface area contributed by atoms with Gasteiger partial charge in [-0.3, -0.25) is 5.32 Å². The molecule has 3 heteroatoms. The molecule has 0 radical (unpaired) electrons. The fourth-order valence-electron chi connectivity index (χ4n) is 3.48. The zero-order valence-corrected chi connectivity index (χ0v) is 15.4. The summed E-state index contributed by atoms with van der Waals surface area (Å²) in [5.41, 5.74) is 2.59. The largest absolute Gasteiger partial charge is 0.508 e. The van der Waals surface area contributed by atoms with Crippen molar-refractivity contribution in [1.29, 1.82) is 0 Å². The molecule has 24 heavy (non-hydrogen) atoms. The van der Waals surface area contributed by atoms with E-state index in [-0.39, 0.29) is 11.6 Å². The van der Waals surface area contributed by atoms with Crippen molar-refractivity contribution in [2.45, 2.75) is 56.0 Å². The minimum absolute atomic E-state index is 0.125. The zero-order chi connectivity index (χ0) is 17.0. The normalized spacial score (nSPS) is 23.5. The van der Waals surface area contributed by atoms with Gasteiger partial charge in [0, 0.05) is 16.2 Å². The van der Waals surface area contributed by atoms with E-state index in [1.807, 2.05) is 17.8 Å². The van der Waals surface area contributed by atoms with Crippen LogP contribution in [0.15, 0.2) is 53.4 Å². The van der Waals surface area contributed by atoms with Crippen LogP contribution in [0.1, 0.15) is 56.7 Å². The molecule has 2 aromatic carbocycles. The number of phenols is 1. The predicted molar refractivity (Wildman–Crippen MR) is 103 cm³/mol. The van der Waals surface area contributed by atoms with Gasteiger partial charge in [0.05, 0.1) is 6.04 Å². The number of fused-ring (bicyclic) bond motifs is 1. The van der Waals surface area contributed by atoms with E-state index >= 15 is 0 Å². The molecule has 0 bridgehead atoms. The third-order valence-corrected chi connectivity index (χ3v) is 6.46. The average Bonchev–Trinajstić information content (AvgIpc) is 2.78. The molecule has 2 nitrogen and oxygen atoms in total. The van der Waals surface area contributed by atoms with Crippen molar-refractivity contribution in [3.8, 4) is 5.75 Å². The van der Waals surface area contributed by atoms with Crippen molar-refractivity contribution in [2.24, 2.45) is 0 Å². The maximum atomic E-state index is 10.0. The number of rotatable bonds is 5. The Kier molecular flexibility index (Phi) is 5.52. The van der Waals surface area contributed by atoms with Crippen molar-refractivity contribution in [2.75, 3.05) is 5.75 Å². The van der Waals surface area contributed by atoms with Crippen LogP contribution in [0, 0.1) is 0 Å². The molecule has 0 aromatic heterocycles. The number of hydrogen-bond acceptors (Lipinski definition) is 3. The van der Waals surface area contributed by atoms with Crippen LogP contribution in [-0.4, -0.2) is 16.4 Å². The van der Waals surface area contributed by atoms with Crippen molar-refractivity contribution >= 4 is 11.8 Å². The molecule has 0 amide bonds. The Balaban J connectivity index is 2.04. The summed E-state index contributed by atoms with van der Waals surface area (Å²) in [5.74, 6) is 1.42. The zero-order valence-electron chi connectivity index (χ0n) is 14.6. The molecule has 3 rings (SSSR count). The molecule has 1 aliphatic rings. The number of nitrogens with one attached hydrogen (secondary N) is 1. The summed E-state index contributed by atoms with van der Waals surface area (Å²) in [6.45, 7) is 4.55. The number of hydrogen-bond donors (Lipinski definition) is 2. The lowest BCUT2D eigenvalue weighted by Crippen LogP contribution is -2.48. The quantitative estimate of drug-likeness (QED) is 0.751. The van der Waals surface area contributed by atoms with Gasteiger partial charge in [-0.1, -0.05) is 57.0 Å². The molecule has 2 atom stereocenters. The van der Waals surface area contributed by atoms with E-state index in [0.29, 0.717) is 5.75 Å². The van der Waals surface area contributed by atoms with E-state index in [4.69, 9.17) is 0 Å². The second kappa shape index (κ2) is 7.62. The van der Waals surface area contributed by atoms with Gasteiger partial charge in [-0.25, -0.2) is 0 Å². The number of thioether (sulfide) groups is 1. The highest BCUT2D eigenvalue weighted by molar-refractivity contribution is 7.99. The van der Waals surface area contributed by atoms with Gasteiger partial charge < -0.3 is 5.11 Å². The van der Waals surface area contributed by atoms with Crippen LogP contribution in [0.5, 0.6) is 5.75 Å². The molecule has 0 aliphatic carbocycles. The summed E-state index contributed by atoms with van der Waals surface area (Å²) in [5, 5.41) is 14.0. The van der Waals surface area contributed by atoms with Gasteiger partial charge in [-0.15, -0.1) is 11.8 Å². The molecule has 0 saturated carbocycles. The second-order valence-corrected chi connectivity index (χ2v) is 7.75. The fraction of sp³-hybridized carbons (Fsp3) is 0.429. The maximum Gasteiger partial charge on any atom is 0.116 e. The molecular weight excluding hydrogens is 314 g/mol. The number of unbranched alkanes of at least 4 members (excludes halogenated alkanes) is 1. The molecule has 0 fully saturated rings. The first-order valence-corrected chi connectivity index (χ1v) is 9.94. The third kappa shape index (κ3) is 3.62. The number of aromatic hydroxyl groups is 1. The summed E-state index contributed by atoms with van der Waals surface area (Å²) in [4.78, 5) is 1.28. The highest BCUT2D eigenvalue weighted by Gasteiger charge is 2.35. The molecule has 0 spiro atoms. The molecule has 0 saturated heterocycles. The second-order valence-electron chi connectivity index (χ2n) is 6.74.